The highest BCUT2D eigenvalue weighted by Crippen LogP contribution is 2.57. The van der Waals surface area contributed by atoms with Crippen molar-refractivity contribution >= 4 is 34.9 Å². The fraction of sp³-hybridized carbons (Fsp3) is 0.444. The van der Waals surface area contributed by atoms with E-state index in [2.05, 4.69) is 5.32 Å². The number of halogens is 1. The van der Waals surface area contributed by atoms with Gasteiger partial charge in [0.25, 0.3) is 0 Å². The van der Waals surface area contributed by atoms with Gasteiger partial charge in [-0.15, -0.1) is 11.6 Å². The highest BCUT2D eigenvalue weighted by atomic mass is 35.5. The van der Waals surface area contributed by atoms with Crippen LogP contribution in [0.5, 0.6) is 11.5 Å². The third-order valence-electron chi connectivity index (χ3n) is 8.35. The quantitative estimate of drug-likeness (QED) is 0.117. The number of amides is 1. The Morgan fingerprint density at radius 2 is 1.41 bits per heavy atom. The molecule has 0 aliphatic carbocycles. The number of esters is 1. The Labute approximate surface area is 276 Å². The van der Waals surface area contributed by atoms with Gasteiger partial charge in [0.1, 0.15) is 11.5 Å². The lowest BCUT2D eigenvalue weighted by Crippen LogP contribution is -2.33. The summed E-state index contributed by atoms with van der Waals surface area (Å²) in [6.45, 7) is 2.54. The van der Waals surface area contributed by atoms with E-state index < -0.39 is 11.6 Å². The van der Waals surface area contributed by atoms with Crippen molar-refractivity contribution in [2.45, 2.75) is 37.7 Å². The van der Waals surface area contributed by atoms with Gasteiger partial charge in [-0.05, 0) is 54.8 Å². The van der Waals surface area contributed by atoms with Crippen LogP contribution in [0.4, 0.5) is 11.4 Å². The smallest absolute Gasteiger partial charge is 0.340 e. The van der Waals surface area contributed by atoms with Crippen molar-refractivity contribution in [1.29, 1.82) is 0 Å². The molecule has 0 saturated carbocycles. The predicted octanol–water partition coefficient (Wildman–Crippen LogP) is 5.88. The van der Waals surface area contributed by atoms with Gasteiger partial charge >= 0.3 is 5.97 Å². The number of nitrogens with one attached hydrogen (secondary N) is 1. The molecule has 1 N–H and O–H groups in total. The predicted molar refractivity (Wildman–Crippen MR) is 181 cm³/mol. The minimum Gasteiger partial charge on any atom is -0.456 e. The summed E-state index contributed by atoms with van der Waals surface area (Å²) < 4.78 is 24.0. The molecule has 46 heavy (non-hydrogen) atoms. The van der Waals surface area contributed by atoms with E-state index >= 15 is 0 Å². The number of ether oxygens (including phenoxy) is 4. The largest absolute Gasteiger partial charge is 0.456 e. The molecule has 10 heteroatoms. The van der Waals surface area contributed by atoms with E-state index in [0.717, 1.165) is 60.4 Å². The number of unbranched alkanes of at least 4 members (excludes halogenated alkanes) is 3. The molecule has 0 aromatic heterocycles. The topological polar surface area (TPSA) is 89.6 Å². The number of carbonyl (C=O) groups is 2. The van der Waals surface area contributed by atoms with E-state index in [0.29, 0.717) is 54.9 Å². The van der Waals surface area contributed by atoms with Crippen molar-refractivity contribution in [3.63, 3.8) is 0 Å². The van der Waals surface area contributed by atoms with Gasteiger partial charge in [-0.2, -0.15) is 0 Å². The zero-order valence-electron chi connectivity index (χ0n) is 27.2. The lowest BCUT2D eigenvalue weighted by Gasteiger charge is -2.37. The molecule has 2 aliphatic rings. The van der Waals surface area contributed by atoms with Crippen LogP contribution in [0.25, 0.3) is 0 Å². The summed E-state index contributed by atoms with van der Waals surface area (Å²) in [5, 5.41) is 2.93. The number of hydrogen-bond acceptors (Lipinski definition) is 8. The summed E-state index contributed by atoms with van der Waals surface area (Å²) in [5.74, 6) is 1.41. The van der Waals surface area contributed by atoms with Crippen LogP contribution in [0.1, 0.15) is 58.3 Å². The summed E-state index contributed by atoms with van der Waals surface area (Å²) in [4.78, 5) is 30.3. The molecule has 3 aromatic carbocycles. The number of carbonyl (C=O) groups excluding carboxylic acids is 2. The molecule has 0 bridgehead atoms. The molecule has 0 radical (unpaired) electrons. The van der Waals surface area contributed by atoms with Crippen molar-refractivity contribution in [1.82, 2.24) is 5.32 Å². The number of anilines is 2. The Bertz CT molecular complexity index is 1480. The Kier molecular flexibility index (Phi) is 11.1. The summed E-state index contributed by atoms with van der Waals surface area (Å²) >= 11 is 5.70. The Hall–Kier alpha value is -3.79. The Morgan fingerprint density at radius 1 is 0.783 bits per heavy atom. The molecular formula is C36H44ClN3O6. The maximum absolute atomic E-state index is 13.4. The van der Waals surface area contributed by atoms with E-state index in [-0.39, 0.29) is 12.3 Å². The minimum atomic E-state index is -1.21. The third kappa shape index (κ3) is 7.27. The molecule has 0 atom stereocenters. The average Bonchev–Trinajstić information content (AvgIpc) is 3.32. The molecule has 5 rings (SSSR count). The van der Waals surface area contributed by atoms with Gasteiger partial charge in [-0.1, -0.05) is 18.9 Å². The van der Waals surface area contributed by atoms with Crippen LogP contribution in [0.15, 0.2) is 54.6 Å². The van der Waals surface area contributed by atoms with Crippen molar-refractivity contribution in [2.75, 3.05) is 76.8 Å². The van der Waals surface area contributed by atoms with E-state index in [4.69, 9.17) is 30.5 Å². The number of rotatable bonds is 16. The molecular weight excluding hydrogens is 606 g/mol. The molecule has 2 heterocycles. The summed E-state index contributed by atoms with van der Waals surface area (Å²) in [6, 6.07) is 17.3. The van der Waals surface area contributed by atoms with Crippen molar-refractivity contribution in [3.05, 3.63) is 82.4 Å². The highest BCUT2D eigenvalue weighted by molar-refractivity contribution is 6.17. The molecule has 9 nitrogen and oxygen atoms in total. The first-order valence-corrected chi connectivity index (χ1v) is 16.4. The van der Waals surface area contributed by atoms with Crippen LogP contribution in [0, 0.1) is 0 Å². The SMILES string of the molecule is CN(C)c1ccc2c(c1)Oc1cc(N(C)C)ccc1C21OC(=O)c2ccc(CC(=O)NCCOCCOCCCCCCCl)cc21. The van der Waals surface area contributed by atoms with Crippen molar-refractivity contribution in [3.8, 4) is 11.5 Å². The standard InChI is InChI=1S/C36H44ClN3O6/c1-39(2)26-10-13-29-32(23-26)45-33-24-27(40(3)4)11-14-30(33)36(29)31-21-25(9-12-28(31)35(42)46-36)22-34(41)38-16-18-44-20-19-43-17-8-6-5-7-15-37/h9-14,21,23-24H,5-8,15-20,22H2,1-4H3,(H,38,41). The second-order valence-corrected chi connectivity index (χ2v) is 12.4. The zero-order chi connectivity index (χ0) is 32.7. The first kappa shape index (κ1) is 33.6. The first-order valence-electron chi connectivity index (χ1n) is 15.9. The third-order valence-corrected chi connectivity index (χ3v) is 8.62. The van der Waals surface area contributed by atoms with E-state index in [1.165, 1.54) is 0 Å². The van der Waals surface area contributed by atoms with Gasteiger partial charge in [-0.25, -0.2) is 4.79 Å². The van der Waals surface area contributed by atoms with Crippen molar-refractivity contribution < 1.29 is 28.5 Å². The lowest BCUT2D eigenvalue weighted by molar-refractivity contribution is -0.120. The second kappa shape index (κ2) is 15.2. The van der Waals surface area contributed by atoms with Gasteiger partial charge in [0.05, 0.1) is 31.8 Å². The number of alkyl halides is 1. The number of benzene rings is 3. The maximum Gasteiger partial charge on any atom is 0.340 e. The van der Waals surface area contributed by atoms with Gasteiger partial charge in [0, 0.05) is 87.4 Å². The first-order chi connectivity index (χ1) is 22.2. The fourth-order valence-corrected chi connectivity index (χ4v) is 6.09. The second-order valence-electron chi connectivity index (χ2n) is 12.1. The minimum absolute atomic E-state index is 0.130. The van der Waals surface area contributed by atoms with E-state index in [9.17, 15) is 9.59 Å². The molecule has 1 spiro atoms. The molecule has 2 aliphatic heterocycles. The molecule has 1 amide bonds. The Balaban J connectivity index is 1.28. The average molecular weight is 650 g/mol. The number of nitrogens with zero attached hydrogens (tertiary/aromatic N) is 2. The molecule has 0 unspecified atom stereocenters. The zero-order valence-corrected chi connectivity index (χ0v) is 28.0. The maximum atomic E-state index is 13.4. The summed E-state index contributed by atoms with van der Waals surface area (Å²) in [7, 11) is 7.87. The van der Waals surface area contributed by atoms with Crippen LogP contribution in [-0.4, -0.2) is 78.9 Å². The molecule has 0 fully saturated rings. The normalized spacial score (nSPS) is 13.8. The highest BCUT2D eigenvalue weighted by Gasteiger charge is 2.53. The van der Waals surface area contributed by atoms with Gasteiger partial charge in [0.15, 0.2) is 5.60 Å². The molecule has 3 aromatic rings. The van der Waals surface area contributed by atoms with Gasteiger partial charge in [0.2, 0.25) is 5.91 Å². The number of fused-ring (bicyclic) bond motifs is 6. The van der Waals surface area contributed by atoms with Crippen LogP contribution >= 0.6 is 11.6 Å². The van der Waals surface area contributed by atoms with Crippen molar-refractivity contribution in [2.24, 2.45) is 0 Å². The fourth-order valence-electron chi connectivity index (χ4n) is 5.90. The van der Waals surface area contributed by atoms with E-state index in [1.807, 2.05) is 86.5 Å². The van der Waals surface area contributed by atoms with E-state index in [1.54, 1.807) is 6.07 Å². The lowest BCUT2D eigenvalue weighted by atomic mass is 9.77. The summed E-state index contributed by atoms with van der Waals surface area (Å²) in [6.07, 6.45) is 4.48. The summed E-state index contributed by atoms with van der Waals surface area (Å²) in [5.41, 5.74) is 4.14. The van der Waals surface area contributed by atoms with Crippen LogP contribution in [0.2, 0.25) is 0 Å². The van der Waals surface area contributed by atoms with Crippen LogP contribution < -0.4 is 19.9 Å². The van der Waals surface area contributed by atoms with Gasteiger partial charge < -0.3 is 34.1 Å². The molecule has 0 saturated heterocycles. The van der Waals surface area contributed by atoms with Crippen LogP contribution in [-0.2, 0) is 31.0 Å². The Morgan fingerprint density at radius 3 is 2.04 bits per heavy atom. The number of hydrogen-bond donors (Lipinski definition) is 1. The molecule has 246 valence electrons. The van der Waals surface area contributed by atoms with Crippen LogP contribution in [0.3, 0.4) is 0 Å². The van der Waals surface area contributed by atoms with Gasteiger partial charge in [-0.3, -0.25) is 4.79 Å². The monoisotopic (exact) mass is 649 g/mol.